The normalized spacial score (nSPS) is 14.6. The molecule has 1 N–H and O–H groups in total. The van der Waals surface area contributed by atoms with Gasteiger partial charge in [-0.3, -0.25) is 0 Å². The van der Waals surface area contributed by atoms with E-state index in [4.69, 9.17) is 0 Å². The van der Waals surface area contributed by atoms with Crippen LogP contribution in [0.25, 0.3) is 10.2 Å². The Labute approximate surface area is 120 Å². The summed E-state index contributed by atoms with van der Waals surface area (Å²) in [5, 5.41) is 6.22. The Morgan fingerprint density at radius 1 is 1.30 bits per heavy atom. The van der Waals surface area contributed by atoms with Crippen LogP contribution in [0.3, 0.4) is 0 Å². The standard InChI is InChI=1S/C13H14N6S/c1-14-13-16-11(9-2-7-20-12(9)17-13)19-6-5-18-4-3-15-10(18)8-19/h2-4,7H,5-6,8H2,1H3,(H,14,16,17). The predicted octanol–water partition coefficient (Wildman–Crippen LogP) is 1.95. The maximum absolute atomic E-state index is 4.65. The molecule has 20 heavy (non-hydrogen) atoms. The fourth-order valence-electron chi connectivity index (χ4n) is 2.55. The van der Waals surface area contributed by atoms with Crippen LogP contribution in [0.1, 0.15) is 5.82 Å². The Kier molecular flexibility index (Phi) is 2.59. The lowest BCUT2D eigenvalue weighted by Crippen LogP contribution is -2.34. The molecule has 0 aliphatic carbocycles. The van der Waals surface area contributed by atoms with Gasteiger partial charge in [0.25, 0.3) is 0 Å². The Bertz CT molecular complexity index is 761. The van der Waals surface area contributed by atoms with Crippen molar-refractivity contribution in [2.24, 2.45) is 0 Å². The molecule has 0 saturated heterocycles. The van der Waals surface area contributed by atoms with Gasteiger partial charge in [-0.1, -0.05) is 0 Å². The van der Waals surface area contributed by atoms with Gasteiger partial charge in [0.1, 0.15) is 16.5 Å². The third-order valence-electron chi connectivity index (χ3n) is 3.57. The minimum atomic E-state index is 0.670. The summed E-state index contributed by atoms with van der Waals surface area (Å²) in [6.07, 6.45) is 3.89. The van der Waals surface area contributed by atoms with Crippen LogP contribution >= 0.6 is 11.3 Å². The van der Waals surface area contributed by atoms with Crippen molar-refractivity contribution < 1.29 is 0 Å². The van der Waals surface area contributed by atoms with Crippen LogP contribution in [0.2, 0.25) is 0 Å². The van der Waals surface area contributed by atoms with E-state index in [9.17, 15) is 0 Å². The molecule has 102 valence electrons. The van der Waals surface area contributed by atoms with Crippen LogP contribution in [0, 0.1) is 0 Å². The molecule has 1 aliphatic heterocycles. The maximum Gasteiger partial charge on any atom is 0.225 e. The second kappa shape index (κ2) is 4.45. The molecule has 0 radical (unpaired) electrons. The average Bonchev–Trinajstić information content (AvgIpc) is 3.13. The molecule has 4 rings (SSSR count). The topological polar surface area (TPSA) is 58.9 Å². The van der Waals surface area contributed by atoms with Crippen LogP contribution < -0.4 is 10.2 Å². The Morgan fingerprint density at radius 3 is 3.15 bits per heavy atom. The average molecular weight is 286 g/mol. The summed E-state index contributed by atoms with van der Waals surface area (Å²) in [4.78, 5) is 16.8. The Balaban J connectivity index is 1.80. The van der Waals surface area contributed by atoms with Gasteiger partial charge in [-0.2, -0.15) is 4.98 Å². The van der Waals surface area contributed by atoms with Gasteiger partial charge in [-0.25, -0.2) is 9.97 Å². The lowest BCUT2D eigenvalue weighted by Gasteiger charge is -2.29. The second-order valence-corrected chi connectivity index (χ2v) is 5.61. The third-order valence-corrected chi connectivity index (χ3v) is 4.38. The van der Waals surface area contributed by atoms with E-state index < -0.39 is 0 Å². The summed E-state index contributed by atoms with van der Waals surface area (Å²) >= 11 is 1.64. The molecule has 0 bridgehead atoms. The summed E-state index contributed by atoms with van der Waals surface area (Å²) in [5.74, 6) is 2.75. The molecular formula is C13H14N6S. The molecule has 0 aromatic carbocycles. The number of hydrogen-bond donors (Lipinski definition) is 1. The van der Waals surface area contributed by atoms with Gasteiger partial charge in [0.2, 0.25) is 5.95 Å². The van der Waals surface area contributed by atoms with Gasteiger partial charge in [0.15, 0.2) is 0 Å². The number of aromatic nitrogens is 4. The molecule has 0 unspecified atom stereocenters. The van der Waals surface area contributed by atoms with Crippen molar-refractivity contribution in [1.82, 2.24) is 19.5 Å². The molecule has 4 heterocycles. The summed E-state index contributed by atoms with van der Waals surface area (Å²) in [6.45, 7) is 2.67. The fourth-order valence-corrected chi connectivity index (χ4v) is 3.31. The van der Waals surface area contributed by atoms with Crippen molar-refractivity contribution in [1.29, 1.82) is 0 Å². The number of fused-ring (bicyclic) bond motifs is 2. The van der Waals surface area contributed by atoms with Gasteiger partial charge >= 0.3 is 0 Å². The lowest BCUT2D eigenvalue weighted by atomic mass is 10.3. The number of hydrogen-bond acceptors (Lipinski definition) is 6. The minimum absolute atomic E-state index is 0.670. The zero-order valence-electron chi connectivity index (χ0n) is 11.1. The maximum atomic E-state index is 4.65. The second-order valence-electron chi connectivity index (χ2n) is 4.72. The molecule has 3 aromatic rings. The van der Waals surface area contributed by atoms with Crippen molar-refractivity contribution in [2.75, 3.05) is 23.8 Å². The smallest absolute Gasteiger partial charge is 0.225 e. The van der Waals surface area contributed by atoms with Gasteiger partial charge in [0, 0.05) is 32.5 Å². The molecule has 0 amide bonds. The van der Waals surface area contributed by atoms with Crippen LogP contribution in [0.5, 0.6) is 0 Å². The summed E-state index contributed by atoms with van der Waals surface area (Å²) in [5.41, 5.74) is 0. The lowest BCUT2D eigenvalue weighted by molar-refractivity contribution is 0.557. The van der Waals surface area contributed by atoms with Crippen molar-refractivity contribution in [3.05, 3.63) is 29.7 Å². The molecule has 0 spiro atoms. The van der Waals surface area contributed by atoms with Crippen LogP contribution in [0.4, 0.5) is 11.8 Å². The molecule has 1 aliphatic rings. The number of nitrogens with zero attached hydrogens (tertiary/aromatic N) is 5. The SMILES string of the molecule is CNc1nc(N2CCn3ccnc3C2)c2ccsc2n1. The van der Waals surface area contributed by atoms with Crippen molar-refractivity contribution in [3.63, 3.8) is 0 Å². The van der Waals surface area contributed by atoms with Gasteiger partial charge in [-0.15, -0.1) is 11.3 Å². The van der Waals surface area contributed by atoms with Crippen LogP contribution in [-0.2, 0) is 13.1 Å². The molecule has 6 nitrogen and oxygen atoms in total. The van der Waals surface area contributed by atoms with E-state index >= 15 is 0 Å². The summed E-state index contributed by atoms with van der Waals surface area (Å²) in [6, 6.07) is 2.09. The molecule has 0 saturated carbocycles. The first-order valence-electron chi connectivity index (χ1n) is 6.53. The van der Waals surface area contributed by atoms with Gasteiger partial charge < -0.3 is 14.8 Å². The van der Waals surface area contributed by atoms with E-state index in [0.29, 0.717) is 5.95 Å². The van der Waals surface area contributed by atoms with Gasteiger partial charge in [0.05, 0.1) is 11.9 Å². The Morgan fingerprint density at radius 2 is 2.25 bits per heavy atom. The van der Waals surface area contributed by atoms with E-state index in [0.717, 1.165) is 41.5 Å². The zero-order chi connectivity index (χ0) is 13.5. The highest BCUT2D eigenvalue weighted by molar-refractivity contribution is 7.16. The fraction of sp³-hybridized carbons (Fsp3) is 0.308. The van der Waals surface area contributed by atoms with Crippen LogP contribution in [0.15, 0.2) is 23.8 Å². The van der Waals surface area contributed by atoms with E-state index in [2.05, 4.69) is 41.2 Å². The zero-order valence-corrected chi connectivity index (χ0v) is 11.9. The van der Waals surface area contributed by atoms with E-state index in [1.807, 2.05) is 19.4 Å². The quantitative estimate of drug-likeness (QED) is 0.780. The molecular weight excluding hydrogens is 272 g/mol. The third kappa shape index (κ3) is 1.74. The number of nitrogens with one attached hydrogen (secondary N) is 1. The summed E-state index contributed by atoms with van der Waals surface area (Å²) in [7, 11) is 1.85. The molecule has 0 atom stereocenters. The molecule has 7 heteroatoms. The first-order chi connectivity index (χ1) is 9.85. The molecule has 3 aromatic heterocycles. The largest absolute Gasteiger partial charge is 0.357 e. The first-order valence-corrected chi connectivity index (χ1v) is 7.41. The molecule has 0 fully saturated rings. The number of imidazole rings is 1. The van der Waals surface area contributed by atoms with Gasteiger partial charge in [-0.05, 0) is 11.4 Å². The van der Waals surface area contributed by atoms with Crippen molar-refractivity contribution in [2.45, 2.75) is 13.1 Å². The number of rotatable bonds is 2. The predicted molar refractivity (Wildman–Crippen MR) is 80.2 cm³/mol. The highest BCUT2D eigenvalue weighted by atomic mass is 32.1. The highest BCUT2D eigenvalue weighted by Gasteiger charge is 2.21. The Hall–Kier alpha value is -2.15. The number of thiophene rings is 1. The first kappa shape index (κ1) is 11.7. The number of anilines is 2. The summed E-state index contributed by atoms with van der Waals surface area (Å²) < 4.78 is 2.20. The van der Waals surface area contributed by atoms with E-state index in [-0.39, 0.29) is 0 Å². The van der Waals surface area contributed by atoms with Crippen molar-refractivity contribution >= 4 is 33.3 Å². The minimum Gasteiger partial charge on any atom is -0.357 e. The van der Waals surface area contributed by atoms with Crippen molar-refractivity contribution in [3.8, 4) is 0 Å². The van der Waals surface area contributed by atoms with Crippen LogP contribution in [-0.4, -0.2) is 33.1 Å². The van der Waals surface area contributed by atoms with E-state index in [1.54, 1.807) is 11.3 Å². The monoisotopic (exact) mass is 286 g/mol. The van der Waals surface area contributed by atoms with E-state index in [1.165, 1.54) is 0 Å². The highest BCUT2D eigenvalue weighted by Crippen LogP contribution is 2.30.